The maximum absolute atomic E-state index is 13.4. The Kier molecular flexibility index (Phi) is 7.64. The second-order valence-electron chi connectivity index (χ2n) is 6.23. The van der Waals surface area contributed by atoms with E-state index in [1.165, 1.54) is 14.1 Å². The van der Waals surface area contributed by atoms with Gasteiger partial charge in [-0.3, -0.25) is 0 Å². The molecule has 0 bridgehead atoms. The minimum absolute atomic E-state index is 0.00977. The topological polar surface area (TPSA) is 86.6 Å². The number of sulfonamides is 1. The summed E-state index contributed by atoms with van der Waals surface area (Å²) in [4.78, 5) is 0. The number of hydrogen-bond donors (Lipinski definition) is 3. The van der Waals surface area contributed by atoms with Crippen molar-refractivity contribution in [3.8, 4) is 0 Å². The van der Waals surface area contributed by atoms with Crippen LogP contribution >= 0.6 is 0 Å². The quantitative estimate of drug-likeness (QED) is 0.343. The molecular weight excluding hydrogens is 427 g/mol. The largest absolute Gasteiger partial charge is 0.460 e. The highest BCUT2D eigenvalue weighted by atomic mass is 32.2. The zero-order valence-electron chi connectivity index (χ0n) is 13.9. The van der Waals surface area contributed by atoms with E-state index in [2.05, 4.69) is 0 Å². The van der Waals surface area contributed by atoms with Crippen molar-refractivity contribution in [2.24, 2.45) is 0 Å². The number of aliphatic hydroxyl groups is 2. The highest BCUT2D eigenvalue weighted by Crippen LogP contribution is 2.54. The van der Waals surface area contributed by atoms with E-state index < -0.39 is 52.5 Å². The van der Waals surface area contributed by atoms with Gasteiger partial charge in [-0.15, -0.1) is 0 Å². The first-order chi connectivity index (χ1) is 11.7. The fourth-order valence-corrected chi connectivity index (χ4v) is 2.88. The third-order valence-electron chi connectivity index (χ3n) is 3.37. The summed E-state index contributed by atoms with van der Waals surface area (Å²) in [6.07, 6.45) is -8.96. The van der Waals surface area contributed by atoms with Crippen molar-refractivity contribution in [2.75, 3.05) is 40.3 Å². The van der Waals surface area contributed by atoms with Crippen molar-refractivity contribution in [1.82, 2.24) is 4.72 Å². The van der Waals surface area contributed by atoms with Gasteiger partial charge in [0.1, 0.15) is 19.2 Å². The molecule has 164 valence electrons. The second-order valence-corrected chi connectivity index (χ2v) is 8.04. The Morgan fingerprint density at radius 1 is 0.963 bits per heavy atom. The van der Waals surface area contributed by atoms with Gasteiger partial charge >= 0.3 is 23.3 Å². The number of rotatable bonds is 10. The standard InChI is InChI=1S/C11H18F9N2O4S/c1-22(2,3-4-23)6-7(24)5-21-27(25,26)11(19,20)9(14,15)8(12,13)10(16,17)18/h7,21,23-24H,3-6H2,1-2H3/q+1. The van der Waals surface area contributed by atoms with E-state index >= 15 is 0 Å². The lowest BCUT2D eigenvalue weighted by atomic mass is 10.1. The molecule has 6 nitrogen and oxygen atoms in total. The number of halogens is 9. The minimum atomic E-state index is -7.35. The van der Waals surface area contributed by atoms with Gasteiger partial charge in [0, 0.05) is 6.54 Å². The van der Waals surface area contributed by atoms with E-state index in [1.54, 1.807) is 0 Å². The Morgan fingerprint density at radius 3 is 1.78 bits per heavy atom. The van der Waals surface area contributed by atoms with Crippen molar-refractivity contribution in [3.63, 3.8) is 0 Å². The summed E-state index contributed by atoms with van der Waals surface area (Å²) in [7, 11) is -3.95. The third kappa shape index (κ3) is 5.36. The van der Waals surface area contributed by atoms with Crippen LogP contribution < -0.4 is 4.72 Å². The zero-order valence-corrected chi connectivity index (χ0v) is 14.7. The SMILES string of the molecule is C[N+](C)(CCO)CC(O)CNS(=O)(=O)C(F)(F)C(F)(F)C(F)(F)C(F)(F)F. The van der Waals surface area contributed by atoms with Crippen LogP contribution in [0.5, 0.6) is 0 Å². The molecule has 0 fully saturated rings. The molecule has 0 heterocycles. The van der Waals surface area contributed by atoms with Crippen LogP contribution in [0.25, 0.3) is 0 Å². The lowest BCUT2D eigenvalue weighted by Crippen LogP contribution is -2.65. The van der Waals surface area contributed by atoms with Crippen LogP contribution in [0.1, 0.15) is 0 Å². The van der Waals surface area contributed by atoms with Crippen molar-refractivity contribution in [3.05, 3.63) is 0 Å². The second kappa shape index (κ2) is 7.88. The summed E-state index contributed by atoms with van der Waals surface area (Å²) in [6, 6.07) is 0. The zero-order chi connectivity index (χ0) is 22.1. The van der Waals surface area contributed by atoms with Crippen LogP contribution in [0, 0.1) is 0 Å². The molecule has 0 saturated heterocycles. The number of nitrogens with one attached hydrogen (secondary N) is 1. The molecule has 1 atom stereocenters. The number of hydrogen-bond acceptors (Lipinski definition) is 4. The van der Waals surface area contributed by atoms with E-state index in [0.29, 0.717) is 4.72 Å². The van der Waals surface area contributed by atoms with Gasteiger partial charge in [-0.05, 0) is 0 Å². The summed E-state index contributed by atoms with van der Waals surface area (Å²) < 4.78 is 138. The number of nitrogens with zero attached hydrogens (tertiary/aromatic N) is 1. The van der Waals surface area contributed by atoms with Crippen molar-refractivity contribution in [2.45, 2.75) is 29.4 Å². The van der Waals surface area contributed by atoms with E-state index in [1.807, 2.05) is 0 Å². The van der Waals surface area contributed by atoms with Crippen LogP contribution in [0.15, 0.2) is 0 Å². The van der Waals surface area contributed by atoms with Crippen LogP contribution in [0.2, 0.25) is 0 Å². The number of likely N-dealkylation sites (N-methyl/N-ethyl adjacent to an activating group) is 1. The Labute approximate surface area is 148 Å². The minimum Gasteiger partial charge on any atom is -0.391 e. The number of alkyl halides is 9. The molecule has 0 aliphatic rings. The van der Waals surface area contributed by atoms with E-state index in [0.717, 1.165) is 0 Å². The Balaban J connectivity index is 5.46. The van der Waals surface area contributed by atoms with Gasteiger partial charge < -0.3 is 14.7 Å². The average molecular weight is 445 g/mol. The summed E-state index contributed by atoms with van der Waals surface area (Å²) in [5, 5.41) is 11.5. The summed E-state index contributed by atoms with van der Waals surface area (Å²) in [5.41, 5.74) is 0. The summed E-state index contributed by atoms with van der Waals surface area (Å²) >= 11 is 0. The maximum atomic E-state index is 13.4. The maximum Gasteiger partial charge on any atom is 0.460 e. The fraction of sp³-hybridized carbons (Fsp3) is 1.00. The highest BCUT2D eigenvalue weighted by molar-refractivity contribution is 7.90. The molecule has 0 aliphatic heterocycles. The number of aliphatic hydroxyl groups excluding tert-OH is 2. The molecule has 0 aromatic heterocycles. The molecule has 16 heteroatoms. The molecule has 0 aliphatic carbocycles. The van der Waals surface area contributed by atoms with Gasteiger partial charge in [-0.1, -0.05) is 0 Å². The van der Waals surface area contributed by atoms with Crippen LogP contribution in [-0.4, -0.2) is 92.8 Å². The molecule has 0 aromatic rings. The molecule has 0 spiro atoms. The predicted molar refractivity (Wildman–Crippen MR) is 72.8 cm³/mol. The normalized spacial score (nSPS) is 16.5. The van der Waals surface area contributed by atoms with Gasteiger partial charge in [0.25, 0.3) is 10.0 Å². The summed E-state index contributed by atoms with van der Waals surface area (Å²) in [6.45, 7) is -2.15. The summed E-state index contributed by atoms with van der Waals surface area (Å²) in [5.74, 6) is -14.7. The van der Waals surface area contributed by atoms with Crippen LogP contribution in [-0.2, 0) is 10.0 Å². The van der Waals surface area contributed by atoms with E-state index in [9.17, 15) is 53.0 Å². The van der Waals surface area contributed by atoms with Gasteiger partial charge in [0.05, 0.1) is 20.7 Å². The lowest BCUT2D eigenvalue weighted by molar-refractivity contribution is -0.893. The average Bonchev–Trinajstić information content (AvgIpc) is 2.42. The van der Waals surface area contributed by atoms with E-state index in [-0.39, 0.29) is 17.6 Å². The Morgan fingerprint density at radius 2 is 1.41 bits per heavy atom. The fourth-order valence-electron chi connectivity index (χ4n) is 1.82. The lowest BCUT2D eigenvalue weighted by Gasteiger charge is -2.33. The smallest absolute Gasteiger partial charge is 0.391 e. The highest BCUT2D eigenvalue weighted by Gasteiger charge is 2.85. The Bertz CT molecular complexity index is 607. The van der Waals surface area contributed by atoms with Crippen LogP contribution in [0.3, 0.4) is 0 Å². The molecule has 27 heavy (non-hydrogen) atoms. The number of quaternary nitrogens is 1. The molecule has 0 amide bonds. The molecule has 3 N–H and O–H groups in total. The van der Waals surface area contributed by atoms with Crippen molar-refractivity contribution in [1.29, 1.82) is 0 Å². The van der Waals surface area contributed by atoms with Gasteiger partial charge in [0.15, 0.2) is 0 Å². The van der Waals surface area contributed by atoms with Crippen molar-refractivity contribution >= 4 is 10.0 Å². The molecule has 0 radical (unpaired) electrons. The Hall–Kier alpha value is -0.840. The molecule has 0 saturated carbocycles. The first kappa shape index (κ1) is 26.2. The molecule has 0 aromatic carbocycles. The predicted octanol–water partition coefficient (Wildman–Crippen LogP) is 0.761. The van der Waals surface area contributed by atoms with Gasteiger partial charge in [-0.25, -0.2) is 13.1 Å². The molecule has 1 unspecified atom stereocenters. The molecule has 0 rings (SSSR count). The van der Waals surface area contributed by atoms with Crippen molar-refractivity contribution < 1.29 is 62.6 Å². The monoisotopic (exact) mass is 445 g/mol. The molecular formula is C11H18F9N2O4S+. The van der Waals surface area contributed by atoms with E-state index in [4.69, 9.17) is 5.11 Å². The first-order valence-electron chi connectivity index (χ1n) is 6.96. The first-order valence-corrected chi connectivity index (χ1v) is 8.45. The van der Waals surface area contributed by atoms with Crippen LogP contribution in [0.4, 0.5) is 39.5 Å². The van der Waals surface area contributed by atoms with Gasteiger partial charge in [0.2, 0.25) is 0 Å². The van der Waals surface area contributed by atoms with Gasteiger partial charge in [-0.2, -0.15) is 39.5 Å². The third-order valence-corrected chi connectivity index (χ3v) is 4.85.